The van der Waals surface area contributed by atoms with E-state index in [0.717, 1.165) is 17.5 Å². The normalized spacial score (nSPS) is 18.4. The number of amides is 2. The highest BCUT2D eigenvalue weighted by Crippen LogP contribution is 2.40. The summed E-state index contributed by atoms with van der Waals surface area (Å²) in [5.41, 5.74) is -1.89. The van der Waals surface area contributed by atoms with E-state index in [-0.39, 0.29) is 32.1 Å². The molecule has 1 aliphatic carbocycles. The minimum absolute atomic E-state index is 0.0351. The number of anilines is 1. The molecule has 13 heteroatoms. The summed E-state index contributed by atoms with van der Waals surface area (Å²) in [6.07, 6.45) is -2.75. The van der Waals surface area contributed by atoms with E-state index in [0.29, 0.717) is 18.4 Å². The number of carbonyl (C=O) groups is 1. The van der Waals surface area contributed by atoms with Gasteiger partial charge in [-0.15, -0.1) is 15.7 Å². The number of fused-ring (bicyclic) bond motifs is 1. The maximum atomic E-state index is 13.4. The van der Waals surface area contributed by atoms with Crippen molar-refractivity contribution in [1.82, 2.24) is 9.97 Å². The number of aromatic nitrogens is 2. The van der Waals surface area contributed by atoms with E-state index < -0.39 is 33.4 Å². The van der Waals surface area contributed by atoms with Crippen molar-refractivity contribution in [1.29, 1.82) is 0 Å². The molecule has 2 amide bonds. The van der Waals surface area contributed by atoms with Crippen LogP contribution in [0.4, 0.5) is 23.7 Å². The van der Waals surface area contributed by atoms with Crippen molar-refractivity contribution in [3.8, 4) is 0 Å². The molecule has 0 saturated heterocycles. The van der Waals surface area contributed by atoms with Gasteiger partial charge in [0.25, 0.3) is 0 Å². The highest BCUT2D eigenvalue weighted by Gasteiger charge is 2.38. The Hall–Kier alpha value is -2.09. The third-order valence-electron chi connectivity index (χ3n) is 4.74. The highest BCUT2D eigenvalue weighted by molar-refractivity contribution is 7.93. The number of hydrogen-bond donors (Lipinski definition) is 3. The Bertz CT molecular complexity index is 1160. The molecule has 0 aliphatic heterocycles. The molecule has 4 N–H and O–H groups in total. The van der Waals surface area contributed by atoms with Crippen LogP contribution in [0.15, 0.2) is 14.8 Å². The fraction of sp³-hybridized carbons (Fsp3) is 0.500. The average Bonchev–Trinajstić information content (AvgIpc) is 3.22. The van der Waals surface area contributed by atoms with Crippen molar-refractivity contribution in [2.45, 2.75) is 56.5 Å². The first-order valence-electron chi connectivity index (χ1n) is 9.23. The molecule has 2 heterocycles. The van der Waals surface area contributed by atoms with Crippen molar-refractivity contribution in [2.24, 2.45) is 15.4 Å². The van der Waals surface area contributed by atoms with Crippen LogP contribution >= 0.6 is 11.3 Å². The quantitative estimate of drug-likeness (QED) is 0.620. The number of nitrogens with one attached hydrogen (secondary N) is 1. The number of nitrogens with two attached hydrogens (primary N) is 1. The maximum absolute atomic E-state index is 13.4. The third-order valence-corrected chi connectivity index (χ3v) is 7.93. The van der Waals surface area contributed by atoms with E-state index >= 15 is 0 Å². The molecule has 2 atom stereocenters. The summed E-state index contributed by atoms with van der Waals surface area (Å²) in [6.45, 7) is 6.04. The van der Waals surface area contributed by atoms with Crippen molar-refractivity contribution in [3.05, 3.63) is 33.7 Å². The molecule has 3 rings (SSSR count). The summed E-state index contributed by atoms with van der Waals surface area (Å²) in [5.74, 6) is 0.0640. The summed E-state index contributed by atoms with van der Waals surface area (Å²) in [6, 6.07) is -1.14. The van der Waals surface area contributed by atoms with Gasteiger partial charge in [-0.25, -0.2) is 24.1 Å². The Morgan fingerprint density at radius 3 is 2.58 bits per heavy atom. The van der Waals surface area contributed by atoms with Gasteiger partial charge in [0, 0.05) is 11.3 Å². The number of carbonyl (C=O) groups excluding carboxylic acids is 1. The first kappa shape index (κ1) is 23.6. The van der Waals surface area contributed by atoms with E-state index in [1.807, 2.05) is 6.92 Å². The average molecular weight is 478 g/mol. The lowest BCUT2D eigenvalue weighted by atomic mass is 10.0. The Kier molecular flexibility index (Phi) is 5.93. The lowest BCUT2D eigenvalue weighted by Gasteiger charge is -2.17. The zero-order valence-electron chi connectivity index (χ0n) is 17.2. The van der Waals surface area contributed by atoms with Crippen LogP contribution in [-0.2, 0) is 34.5 Å². The molecule has 31 heavy (non-hydrogen) atoms. The van der Waals surface area contributed by atoms with Gasteiger partial charge in [-0.05, 0) is 45.1 Å². The van der Waals surface area contributed by atoms with Gasteiger partial charge in [-0.1, -0.05) is 6.92 Å². The Balaban J connectivity index is 1.99. The Morgan fingerprint density at radius 2 is 2.03 bits per heavy atom. The minimum Gasteiger partial charge on any atom is -0.383 e. The number of thiazole rings is 1. The molecule has 0 bridgehead atoms. The molecule has 1 aliphatic rings. The van der Waals surface area contributed by atoms with Crippen LogP contribution in [0.3, 0.4) is 0 Å². The smallest absolute Gasteiger partial charge is 0.383 e. The number of urea groups is 1. The molecular formula is C18H22F3N5O3S2. The number of nitrogens with zero attached hydrogens (tertiary/aromatic N) is 3. The predicted octanol–water partition coefficient (Wildman–Crippen LogP) is 3.76. The van der Waals surface area contributed by atoms with Crippen molar-refractivity contribution in [2.75, 3.05) is 5.32 Å². The van der Waals surface area contributed by atoms with Crippen LogP contribution in [0, 0.1) is 12.8 Å². The lowest BCUT2D eigenvalue weighted by Crippen LogP contribution is -2.20. The van der Waals surface area contributed by atoms with Crippen LogP contribution < -0.4 is 10.5 Å². The van der Waals surface area contributed by atoms with Crippen LogP contribution in [0.25, 0.3) is 0 Å². The van der Waals surface area contributed by atoms with Gasteiger partial charge in [0.2, 0.25) is 0 Å². The second kappa shape index (κ2) is 7.80. The molecule has 0 saturated carbocycles. The summed E-state index contributed by atoms with van der Waals surface area (Å²) >= 11 is 0.830. The zero-order valence-corrected chi connectivity index (χ0v) is 18.8. The SMILES string of the molecule is Cc1c(C(F)(F)F)nc2c(c1NC(=O)N=S(N)(=O)c1cnc(C(C)(C)O)s1)CC(C)C2. The van der Waals surface area contributed by atoms with Gasteiger partial charge in [0.15, 0.2) is 9.92 Å². The number of alkyl halides is 3. The van der Waals surface area contributed by atoms with Crippen LogP contribution in [0.2, 0.25) is 0 Å². The Labute approximate surface area is 181 Å². The van der Waals surface area contributed by atoms with Gasteiger partial charge >= 0.3 is 12.2 Å². The highest BCUT2D eigenvalue weighted by atomic mass is 32.2. The number of pyridine rings is 1. The van der Waals surface area contributed by atoms with Gasteiger partial charge < -0.3 is 10.4 Å². The molecule has 8 nitrogen and oxygen atoms in total. The molecule has 2 unspecified atom stereocenters. The lowest BCUT2D eigenvalue weighted by molar-refractivity contribution is -0.141. The first-order chi connectivity index (χ1) is 14.1. The number of halogens is 3. The van der Waals surface area contributed by atoms with Crippen LogP contribution in [0.1, 0.15) is 48.3 Å². The van der Waals surface area contributed by atoms with Gasteiger partial charge in [0.1, 0.15) is 20.5 Å². The molecule has 170 valence electrons. The first-order valence-corrected chi connectivity index (χ1v) is 11.6. The van der Waals surface area contributed by atoms with Gasteiger partial charge in [-0.3, -0.25) is 0 Å². The summed E-state index contributed by atoms with van der Waals surface area (Å²) in [4.78, 5) is 20.2. The fourth-order valence-corrected chi connectivity index (χ4v) is 5.40. The minimum atomic E-state index is -4.70. The number of rotatable bonds is 3. The van der Waals surface area contributed by atoms with E-state index in [1.165, 1.54) is 20.8 Å². The van der Waals surface area contributed by atoms with E-state index in [1.54, 1.807) is 0 Å². The number of aliphatic hydroxyl groups is 1. The molecular weight excluding hydrogens is 455 g/mol. The zero-order chi connectivity index (χ0) is 23.4. The Morgan fingerprint density at radius 1 is 1.39 bits per heavy atom. The molecule has 0 radical (unpaired) electrons. The van der Waals surface area contributed by atoms with Crippen molar-refractivity contribution >= 4 is 33.0 Å². The van der Waals surface area contributed by atoms with Crippen molar-refractivity contribution in [3.63, 3.8) is 0 Å². The van der Waals surface area contributed by atoms with Gasteiger partial charge in [-0.2, -0.15) is 13.2 Å². The standard InChI is InChI=1S/C18H22F3N5O3S2/c1-8-5-10-11(6-8)24-14(18(19,20)21)9(2)13(10)25-16(27)26-31(22,29)12-7-23-15(30-12)17(3,4)28/h7-8,28H,5-6H2,1-4H3,(H3,22,24,25,26,27,29). The molecule has 0 aromatic carbocycles. The van der Waals surface area contributed by atoms with Crippen molar-refractivity contribution < 1.29 is 27.3 Å². The summed E-state index contributed by atoms with van der Waals surface area (Å²) < 4.78 is 56.5. The van der Waals surface area contributed by atoms with Crippen LogP contribution in [0.5, 0.6) is 0 Å². The number of hydrogen-bond acceptors (Lipinski definition) is 6. The molecule has 2 aromatic rings. The fourth-order valence-electron chi connectivity index (χ4n) is 3.34. The molecule has 0 spiro atoms. The third kappa shape index (κ3) is 4.89. The second-order valence-corrected chi connectivity index (χ2v) is 11.1. The largest absolute Gasteiger partial charge is 0.433 e. The van der Waals surface area contributed by atoms with E-state index in [9.17, 15) is 27.3 Å². The second-order valence-electron chi connectivity index (χ2n) is 8.03. The summed E-state index contributed by atoms with van der Waals surface area (Å²) in [7, 11) is -3.73. The predicted molar refractivity (Wildman–Crippen MR) is 110 cm³/mol. The molecule has 2 aromatic heterocycles. The monoisotopic (exact) mass is 477 g/mol. The van der Waals surface area contributed by atoms with E-state index in [2.05, 4.69) is 19.6 Å². The summed E-state index contributed by atoms with van der Waals surface area (Å²) in [5, 5.41) is 18.3. The maximum Gasteiger partial charge on any atom is 0.433 e. The van der Waals surface area contributed by atoms with Gasteiger partial charge in [0.05, 0.1) is 11.9 Å². The van der Waals surface area contributed by atoms with E-state index in [4.69, 9.17) is 5.14 Å². The topological polar surface area (TPSA) is 131 Å². The molecule has 0 fully saturated rings. The van der Waals surface area contributed by atoms with Crippen LogP contribution in [-0.4, -0.2) is 25.3 Å².